The van der Waals surface area contributed by atoms with Crippen LogP contribution in [0.3, 0.4) is 0 Å². The van der Waals surface area contributed by atoms with E-state index in [1.807, 2.05) is 28.0 Å². The number of nitrogens with zero attached hydrogens (tertiary/aromatic N) is 3. The number of hydrogen-bond donors (Lipinski definition) is 0. The van der Waals surface area contributed by atoms with Gasteiger partial charge in [0.15, 0.2) is 0 Å². The van der Waals surface area contributed by atoms with Crippen molar-refractivity contribution in [3.8, 4) is 0 Å². The Morgan fingerprint density at radius 1 is 1.00 bits per heavy atom. The zero-order valence-corrected chi connectivity index (χ0v) is 17.6. The summed E-state index contributed by atoms with van der Waals surface area (Å²) in [6, 6.07) is 15.1. The van der Waals surface area contributed by atoms with Crippen molar-refractivity contribution in [1.82, 2.24) is 9.88 Å². The lowest BCUT2D eigenvalue weighted by Gasteiger charge is -2.36. The Labute approximate surface area is 180 Å². The molecule has 1 fully saturated rings. The van der Waals surface area contributed by atoms with Gasteiger partial charge in [-0.05, 0) is 43.0 Å². The van der Waals surface area contributed by atoms with E-state index < -0.39 is 0 Å². The molecule has 3 aromatic rings. The third kappa shape index (κ3) is 3.65. The van der Waals surface area contributed by atoms with Gasteiger partial charge in [0.05, 0.1) is 17.0 Å². The molecule has 1 aliphatic carbocycles. The zero-order chi connectivity index (χ0) is 20.5. The number of piperazine rings is 1. The van der Waals surface area contributed by atoms with E-state index in [9.17, 15) is 9.18 Å². The van der Waals surface area contributed by atoms with Gasteiger partial charge in [-0.3, -0.25) is 9.78 Å². The molecule has 154 valence electrons. The molecule has 1 amide bonds. The van der Waals surface area contributed by atoms with Gasteiger partial charge in [0.25, 0.3) is 0 Å². The number of thioether (sulfide) groups is 1. The summed E-state index contributed by atoms with van der Waals surface area (Å²) in [5.41, 5.74) is 4.17. The molecule has 0 unspecified atom stereocenters. The molecule has 0 bridgehead atoms. The van der Waals surface area contributed by atoms with E-state index in [-0.39, 0.29) is 11.7 Å². The van der Waals surface area contributed by atoms with Crippen LogP contribution in [0.1, 0.15) is 17.7 Å². The first-order valence-corrected chi connectivity index (χ1v) is 11.5. The molecule has 2 aliphatic rings. The number of aryl methyl sites for hydroxylation is 1. The van der Waals surface area contributed by atoms with E-state index in [0.717, 1.165) is 30.2 Å². The van der Waals surface area contributed by atoms with Crippen molar-refractivity contribution in [2.75, 3.05) is 36.8 Å². The normalized spacial score (nSPS) is 16.2. The van der Waals surface area contributed by atoms with Crippen molar-refractivity contribution in [1.29, 1.82) is 0 Å². The SMILES string of the molecule is O=C(CSc1c2c(nc3ccccc13)CCC2)N1CCN(c2ccccc2F)CC1. The smallest absolute Gasteiger partial charge is 0.233 e. The minimum atomic E-state index is -0.203. The minimum Gasteiger partial charge on any atom is -0.366 e. The number of halogens is 1. The van der Waals surface area contributed by atoms with Crippen LogP contribution in [-0.2, 0) is 17.6 Å². The molecule has 2 aromatic carbocycles. The van der Waals surface area contributed by atoms with E-state index in [4.69, 9.17) is 4.98 Å². The maximum absolute atomic E-state index is 14.0. The Morgan fingerprint density at radius 3 is 2.60 bits per heavy atom. The summed E-state index contributed by atoms with van der Waals surface area (Å²) in [7, 11) is 0. The molecule has 1 saturated heterocycles. The molecule has 0 radical (unpaired) electrons. The summed E-state index contributed by atoms with van der Waals surface area (Å²) in [4.78, 5) is 22.9. The number of para-hydroxylation sites is 2. The molecule has 0 saturated carbocycles. The van der Waals surface area contributed by atoms with Gasteiger partial charge < -0.3 is 9.80 Å². The topological polar surface area (TPSA) is 36.4 Å². The zero-order valence-electron chi connectivity index (χ0n) is 16.8. The molecule has 6 heteroatoms. The van der Waals surface area contributed by atoms with Crippen LogP contribution in [0.15, 0.2) is 53.4 Å². The first-order valence-electron chi connectivity index (χ1n) is 10.5. The standard InChI is InChI=1S/C24H24FN3OS/c25-19-8-2-4-11-22(19)27-12-14-28(15-13-27)23(29)16-30-24-17-6-1-3-9-20(17)26-21-10-5-7-18(21)24/h1-4,6,8-9,11H,5,7,10,12-16H2. The molecule has 0 spiro atoms. The van der Waals surface area contributed by atoms with E-state index in [1.165, 1.54) is 22.2 Å². The quantitative estimate of drug-likeness (QED) is 0.589. The number of pyridine rings is 1. The van der Waals surface area contributed by atoms with Crippen molar-refractivity contribution in [2.45, 2.75) is 24.2 Å². The molecule has 0 atom stereocenters. The van der Waals surface area contributed by atoms with Gasteiger partial charge in [0.2, 0.25) is 5.91 Å². The number of fused-ring (bicyclic) bond motifs is 2. The third-order valence-corrected chi connectivity index (χ3v) is 7.18. The number of carbonyl (C=O) groups is 1. The fourth-order valence-corrected chi connectivity index (χ4v) is 5.63. The van der Waals surface area contributed by atoms with Crippen molar-refractivity contribution < 1.29 is 9.18 Å². The first-order chi connectivity index (χ1) is 14.7. The Morgan fingerprint density at radius 2 is 1.77 bits per heavy atom. The first kappa shape index (κ1) is 19.4. The summed E-state index contributed by atoms with van der Waals surface area (Å²) in [6.07, 6.45) is 3.21. The van der Waals surface area contributed by atoms with Crippen LogP contribution in [-0.4, -0.2) is 47.7 Å². The van der Waals surface area contributed by atoms with Gasteiger partial charge >= 0.3 is 0 Å². The highest BCUT2D eigenvalue weighted by Crippen LogP contribution is 2.36. The average Bonchev–Trinajstić information content (AvgIpc) is 3.25. The maximum atomic E-state index is 14.0. The van der Waals surface area contributed by atoms with E-state index in [0.29, 0.717) is 37.6 Å². The number of carbonyl (C=O) groups excluding carboxylic acids is 1. The van der Waals surface area contributed by atoms with Gasteiger partial charge in [-0.2, -0.15) is 0 Å². The highest BCUT2D eigenvalue weighted by Gasteiger charge is 2.24. The second kappa shape index (κ2) is 8.26. The fraction of sp³-hybridized carbons (Fsp3) is 0.333. The molecular formula is C24H24FN3OS. The Hall–Kier alpha value is -2.60. The average molecular weight is 422 g/mol. The van der Waals surface area contributed by atoms with Crippen LogP contribution in [0, 0.1) is 5.82 Å². The van der Waals surface area contributed by atoms with E-state index >= 15 is 0 Å². The molecule has 1 aliphatic heterocycles. The lowest BCUT2D eigenvalue weighted by molar-refractivity contribution is -0.128. The summed E-state index contributed by atoms with van der Waals surface area (Å²) in [6.45, 7) is 2.57. The molecule has 1 aromatic heterocycles. The number of amides is 1. The highest BCUT2D eigenvalue weighted by atomic mass is 32.2. The molecule has 30 heavy (non-hydrogen) atoms. The second-order valence-corrected chi connectivity index (χ2v) is 8.83. The highest BCUT2D eigenvalue weighted by molar-refractivity contribution is 8.00. The van der Waals surface area contributed by atoms with Gasteiger partial charge in [-0.1, -0.05) is 30.3 Å². The molecule has 0 N–H and O–H groups in total. The van der Waals surface area contributed by atoms with Crippen LogP contribution >= 0.6 is 11.8 Å². The number of benzene rings is 2. The Balaban J connectivity index is 1.26. The monoisotopic (exact) mass is 421 g/mol. The third-order valence-electron chi connectivity index (χ3n) is 6.03. The van der Waals surface area contributed by atoms with Crippen LogP contribution in [0.2, 0.25) is 0 Å². The van der Waals surface area contributed by atoms with Gasteiger partial charge in [0, 0.05) is 42.2 Å². The predicted molar refractivity (Wildman–Crippen MR) is 120 cm³/mol. The van der Waals surface area contributed by atoms with Crippen molar-refractivity contribution in [3.05, 3.63) is 65.6 Å². The van der Waals surface area contributed by atoms with Crippen molar-refractivity contribution in [2.24, 2.45) is 0 Å². The Bertz CT molecular complexity index is 1100. The number of anilines is 1. The second-order valence-electron chi connectivity index (χ2n) is 7.84. The maximum Gasteiger partial charge on any atom is 0.233 e. The van der Waals surface area contributed by atoms with E-state index in [1.54, 1.807) is 23.9 Å². The fourth-order valence-electron chi connectivity index (χ4n) is 4.46. The lowest BCUT2D eigenvalue weighted by Crippen LogP contribution is -2.49. The Kier molecular flexibility index (Phi) is 5.34. The number of aromatic nitrogens is 1. The molecule has 2 heterocycles. The van der Waals surface area contributed by atoms with Gasteiger partial charge in [-0.15, -0.1) is 11.8 Å². The van der Waals surface area contributed by atoms with Crippen LogP contribution in [0.25, 0.3) is 10.9 Å². The summed E-state index contributed by atoms with van der Waals surface area (Å²) < 4.78 is 14.0. The number of rotatable bonds is 4. The molecule has 4 nitrogen and oxygen atoms in total. The number of hydrogen-bond acceptors (Lipinski definition) is 4. The summed E-state index contributed by atoms with van der Waals surface area (Å²) in [5.74, 6) is 0.382. The molecule has 5 rings (SSSR count). The minimum absolute atomic E-state index is 0.154. The summed E-state index contributed by atoms with van der Waals surface area (Å²) in [5, 5.41) is 1.15. The van der Waals surface area contributed by atoms with Gasteiger partial charge in [0.1, 0.15) is 5.82 Å². The predicted octanol–water partition coefficient (Wildman–Crippen LogP) is 4.30. The van der Waals surface area contributed by atoms with Crippen LogP contribution in [0.4, 0.5) is 10.1 Å². The van der Waals surface area contributed by atoms with Gasteiger partial charge in [-0.25, -0.2) is 4.39 Å². The molecular weight excluding hydrogens is 397 g/mol. The lowest BCUT2D eigenvalue weighted by atomic mass is 10.1. The van der Waals surface area contributed by atoms with Crippen molar-refractivity contribution in [3.63, 3.8) is 0 Å². The van der Waals surface area contributed by atoms with Crippen LogP contribution in [0.5, 0.6) is 0 Å². The largest absolute Gasteiger partial charge is 0.366 e. The van der Waals surface area contributed by atoms with Crippen LogP contribution < -0.4 is 4.90 Å². The van der Waals surface area contributed by atoms with Crippen molar-refractivity contribution >= 4 is 34.3 Å². The summed E-state index contributed by atoms with van der Waals surface area (Å²) >= 11 is 1.65. The van der Waals surface area contributed by atoms with E-state index in [2.05, 4.69) is 12.1 Å².